The second kappa shape index (κ2) is 12.8. The van der Waals surface area contributed by atoms with Crippen molar-refractivity contribution in [3.8, 4) is 0 Å². The fourth-order valence-electron chi connectivity index (χ4n) is 4.02. The molecular weight excluding hydrogens is 557 g/mol. The van der Waals surface area contributed by atoms with E-state index in [1.54, 1.807) is 30.6 Å². The number of aromatic nitrogens is 2. The number of amides is 1. The van der Waals surface area contributed by atoms with Crippen LogP contribution < -0.4 is 10.8 Å². The number of hydrogen-bond donors (Lipinski definition) is 3. The van der Waals surface area contributed by atoms with Gasteiger partial charge >= 0.3 is 0 Å². The minimum Gasteiger partial charge on any atom is -0.394 e. The number of hydrogen-bond acceptors (Lipinski definition) is 7. The van der Waals surface area contributed by atoms with Gasteiger partial charge in [0.15, 0.2) is 5.82 Å². The lowest BCUT2D eigenvalue weighted by atomic mass is 10.1. The van der Waals surface area contributed by atoms with Crippen molar-refractivity contribution in [3.63, 3.8) is 0 Å². The molecular formula is C24H28BrClFN5O4. The Labute approximate surface area is 221 Å². The number of morpholine rings is 1. The second-order valence-electron chi connectivity index (χ2n) is 8.33. The molecule has 1 aromatic heterocycles. The average Bonchev–Trinajstić information content (AvgIpc) is 3.28. The summed E-state index contributed by atoms with van der Waals surface area (Å²) in [5, 5.41) is 12.2. The number of nitrogens with one attached hydrogen (secondary N) is 2. The molecule has 9 nitrogen and oxygen atoms in total. The molecule has 3 aromatic rings. The van der Waals surface area contributed by atoms with Gasteiger partial charge in [0.25, 0.3) is 5.91 Å². The number of hydroxylamine groups is 1. The highest BCUT2D eigenvalue weighted by Gasteiger charge is 2.23. The normalized spacial score (nSPS) is 14.3. The first-order valence-corrected chi connectivity index (χ1v) is 12.9. The van der Waals surface area contributed by atoms with Crippen molar-refractivity contribution >= 4 is 55.8 Å². The Morgan fingerprint density at radius 3 is 2.78 bits per heavy atom. The lowest BCUT2D eigenvalue weighted by Crippen LogP contribution is -2.36. The lowest BCUT2D eigenvalue weighted by molar-refractivity contribution is 0.0169. The number of aryl methyl sites for hydroxylation is 1. The van der Waals surface area contributed by atoms with Crippen molar-refractivity contribution < 1.29 is 23.9 Å². The van der Waals surface area contributed by atoms with Gasteiger partial charge in [0.2, 0.25) is 0 Å². The van der Waals surface area contributed by atoms with Crippen LogP contribution in [0.3, 0.4) is 0 Å². The van der Waals surface area contributed by atoms with Gasteiger partial charge in [-0.1, -0.05) is 27.5 Å². The third-order valence-corrected chi connectivity index (χ3v) is 6.68. The van der Waals surface area contributed by atoms with Gasteiger partial charge in [0.1, 0.15) is 5.52 Å². The van der Waals surface area contributed by atoms with E-state index < -0.39 is 11.7 Å². The van der Waals surface area contributed by atoms with E-state index in [2.05, 4.69) is 36.6 Å². The van der Waals surface area contributed by atoms with Crippen molar-refractivity contribution in [3.05, 3.63) is 51.5 Å². The minimum atomic E-state index is -0.675. The Hall–Kier alpha value is -2.28. The monoisotopic (exact) mass is 583 g/mol. The molecule has 12 heteroatoms. The minimum absolute atomic E-state index is 0.0204. The number of halogens is 3. The van der Waals surface area contributed by atoms with E-state index in [1.807, 2.05) is 4.57 Å². The van der Waals surface area contributed by atoms with Gasteiger partial charge in [0.05, 0.1) is 60.2 Å². The molecule has 4 rings (SSSR count). The lowest BCUT2D eigenvalue weighted by Gasteiger charge is -2.26. The van der Waals surface area contributed by atoms with Gasteiger partial charge < -0.3 is 19.7 Å². The van der Waals surface area contributed by atoms with Crippen LogP contribution in [0.1, 0.15) is 23.2 Å². The number of imidazole rings is 1. The molecule has 0 atom stereocenters. The first-order valence-electron chi connectivity index (χ1n) is 11.7. The average molecular weight is 585 g/mol. The fraction of sp³-hybridized carbons (Fsp3) is 0.417. The molecule has 0 unspecified atom stereocenters. The van der Waals surface area contributed by atoms with E-state index >= 15 is 4.39 Å². The third-order valence-electron chi connectivity index (χ3n) is 5.88. The Morgan fingerprint density at radius 1 is 1.25 bits per heavy atom. The topological polar surface area (TPSA) is 101 Å². The zero-order valence-electron chi connectivity index (χ0n) is 19.6. The number of nitrogens with zero attached hydrogens (tertiary/aromatic N) is 3. The molecule has 194 valence electrons. The molecule has 1 fully saturated rings. The largest absolute Gasteiger partial charge is 0.394 e. The molecule has 1 saturated heterocycles. The maximum Gasteiger partial charge on any atom is 0.277 e. The molecule has 0 spiro atoms. The van der Waals surface area contributed by atoms with Crippen LogP contribution >= 0.6 is 27.5 Å². The second-order valence-corrected chi connectivity index (χ2v) is 9.66. The van der Waals surface area contributed by atoms with E-state index in [4.69, 9.17) is 26.3 Å². The van der Waals surface area contributed by atoms with Gasteiger partial charge in [-0.3, -0.25) is 14.5 Å². The first kappa shape index (κ1) is 26.8. The summed E-state index contributed by atoms with van der Waals surface area (Å²) in [5.41, 5.74) is 3.26. The zero-order chi connectivity index (χ0) is 25.5. The summed E-state index contributed by atoms with van der Waals surface area (Å²) in [7, 11) is 0. The Kier molecular flexibility index (Phi) is 9.52. The van der Waals surface area contributed by atoms with Crippen LogP contribution in [0.2, 0.25) is 5.02 Å². The summed E-state index contributed by atoms with van der Waals surface area (Å²) in [6.07, 6.45) is 3.44. The number of anilines is 2. The maximum absolute atomic E-state index is 15.7. The van der Waals surface area contributed by atoms with Gasteiger partial charge in [-0.15, -0.1) is 0 Å². The van der Waals surface area contributed by atoms with E-state index in [0.29, 0.717) is 22.8 Å². The SMILES string of the molecule is O=C(NOCCO)c1cc2c(ncn2CCCCN2CCOCC2)c(F)c1Nc1ccc(Br)cc1Cl. The maximum atomic E-state index is 15.7. The van der Waals surface area contributed by atoms with Crippen LogP contribution in [0.5, 0.6) is 0 Å². The fourth-order valence-corrected chi connectivity index (χ4v) is 4.74. The quantitative estimate of drug-likeness (QED) is 0.230. The number of aliphatic hydroxyl groups excluding tert-OH is 1. The molecule has 0 radical (unpaired) electrons. The number of aliphatic hydroxyl groups is 1. The number of benzene rings is 2. The number of carbonyl (C=O) groups excluding carboxylic acids is 1. The van der Waals surface area contributed by atoms with Gasteiger partial charge in [0, 0.05) is 24.1 Å². The van der Waals surface area contributed by atoms with Crippen LogP contribution in [0.15, 0.2) is 35.1 Å². The van der Waals surface area contributed by atoms with Crippen molar-refractivity contribution in [1.82, 2.24) is 19.9 Å². The van der Waals surface area contributed by atoms with Gasteiger partial charge in [-0.2, -0.15) is 0 Å². The summed E-state index contributed by atoms with van der Waals surface area (Å²) in [6.45, 7) is 4.64. The number of carbonyl (C=O) groups is 1. The third kappa shape index (κ3) is 6.53. The van der Waals surface area contributed by atoms with E-state index in [0.717, 1.165) is 50.2 Å². The summed E-state index contributed by atoms with van der Waals surface area (Å²) in [6, 6.07) is 6.67. The highest BCUT2D eigenvalue weighted by atomic mass is 79.9. The number of ether oxygens (including phenoxy) is 1. The van der Waals surface area contributed by atoms with E-state index in [-0.39, 0.29) is 30.0 Å². The van der Waals surface area contributed by atoms with Crippen LogP contribution in [-0.2, 0) is 16.1 Å². The number of fused-ring (bicyclic) bond motifs is 1. The molecule has 1 amide bonds. The Balaban J connectivity index is 1.58. The summed E-state index contributed by atoms with van der Waals surface area (Å²) < 4.78 is 23.7. The predicted octanol–water partition coefficient (Wildman–Crippen LogP) is 4.10. The Bertz CT molecular complexity index is 1200. The predicted molar refractivity (Wildman–Crippen MR) is 139 cm³/mol. The van der Waals surface area contributed by atoms with Crippen molar-refractivity contribution in [2.45, 2.75) is 19.4 Å². The van der Waals surface area contributed by atoms with Crippen LogP contribution in [0.4, 0.5) is 15.8 Å². The smallest absolute Gasteiger partial charge is 0.277 e. The number of unbranched alkanes of at least 4 members (excludes halogenated alkanes) is 1. The Morgan fingerprint density at radius 2 is 2.03 bits per heavy atom. The molecule has 1 aliphatic heterocycles. The zero-order valence-corrected chi connectivity index (χ0v) is 21.9. The highest BCUT2D eigenvalue weighted by molar-refractivity contribution is 9.10. The summed E-state index contributed by atoms with van der Waals surface area (Å²) in [4.78, 5) is 24.6. The van der Waals surface area contributed by atoms with Crippen molar-refractivity contribution in [1.29, 1.82) is 0 Å². The highest BCUT2D eigenvalue weighted by Crippen LogP contribution is 2.34. The molecule has 3 N–H and O–H groups in total. The molecule has 1 aliphatic rings. The number of rotatable bonds is 11. The molecule has 2 heterocycles. The molecule has 0 saturated carbocycles. The molecule has 2 aromatic carbocycles. The van der Waals surface area contributed by atoms with Crippen LogP contribution in [0.25, 0.3) is 11.0 Å². The first-order chi connectivity index (χ1) is 17.5. The molecule has 0 bridgehead atoms. The van der Waals surface area contributed by atoms with Gasteiger partial charge in [-0.05, 0) is 43.7 Å². The van der Waals surface area contributed by atoms with Gasteiger partial charge in [-0.25, -0.2) is 14.9 Å². The summed E-state index contributed by atoms with van der Waals surface area (Å²) >= 11 is 9.66. The van der Waals surface area contributed by atoms with E-state index in [9.17, 15) is 4.79 Å². The van der Waals surface area contributed by atoms with Crippen LogP contribution in [-0.4, -0.2) is 71.5 Å². The van der Waals surface area contributed by atoms with Crippen molar-refractivity contribution in [2.75, 3.05) is 51.4 Å². The standard InChI is InChI=1S/C24H28BrClFN5O4/c25-16-3-4-19(18(26)13-16)29-22-17(24(34)30-36-12-9-33)14-20-23(21(22)27)28-15-32(20)6-2-1-5-31-7-10-35-11-8-31/h3-4,13-15,29,33H,1-2,5-12H2,(H,30,34). The molecule has 0 aliphatic carbocycles. The van der Waals surface area contributed by atoms with E-state index in [1.165, 1.54) is 0 Å². The molecule has 36 heavy (non-hydrogen) atoms. The summed E-state index contributed by atoms with van der Waals surface area (Å²) in [5.74, 6) is -1.34. The van der Waals surface area contributed by atoms with Crippen LogP contribution in [0, 0.1) is 5.82 Å². The van der Waals surface area contributed by atoms with Crippen molar-refractivity contribution in [2.24, 2.45) is 0 Å².